The fraction of sp³-hybridized carbons (Fsp3) is 0.296. The highest BCUT2D eigenvalue weighted by Gasteiger charge is 2.31. The van der Waals surface area contributed by atoms with Gasteiger partial charge in [0.1, 0.15) is 0 Å². The van der Waals surface area contributed by atoms with Gasteiger partial charge in [-0.2, -0.15) is 0 Å². The van der Waals surface area contributed by atoms with Crippen molar-refractivity contribution in [2.45, 2.75) is 37.6 Å². The predicted molar refractivity (Wildman–Crippen MR) is 133 cm³/mol. The minimum atomic E-state index is -0.935. The van der Waals surface area contributed by atoms with E-state index < -0.39 is 30.3 Å². The number of hydrazine groups is 1. The van der Waals surface area contributed by atoms with Crippen molar-refractivity contribution < 1.29 is 24.2 Å². The average molecular weight is 491 g/mol. The third-order valence-corrected chi connectivity index (χ3v) is 5.89. The van der Waals surface area contributed by atoms with Crippen molar-refractivity contribution in [1.82, 2.24) is 15.4 Å². The molecule has 1 unspecified atom stereocenters. The maximum atomic E-state index is 12.5. The zero-order chi connectivity index (χ0) is 25.3. The summed E-state index contributed by atoms with van der Waals surface area (Å²) in [5.74, 6) is -0.563. The van der Waals surface area contributed by atoms with Crippen molar-refractivity contribution in [2.75, 3.05) is 13.2 Å². The van der Waals surface area contributed by atoms with Crippen molar-refractivity contribution in [1.29, 1.82) is 0 Å². The summed E-state index contributed by atoms with van der Waals surface area (Å²) in [7, 11) is 0. The monoisotopic (exact) mass is 490 g/mol. The van der Waals surface area contributed by atoms with E-state index in [9.17, 15) is 14.7 Å². The molecule has 0 aliphatic carbocycles. The molecule has 9 heteroatoms. The quantitative estimate of drug-likeness (QED) is 0.292. The number of nitrogens with one attached hydrogen (secondary N) is 1. The number of aliphatic hydroxyl groups excluding tert-OH is 1. The third kappa shape index (κ3) is 7.11. The van der Waals surface area contributed by atoms with Crippen LogP contribution in [0.5, 0.6) is 0 Å². The van der Waals surface area contributed by atoms with Gasteiger partial charge < -0.3 is 20.3 Å². The Morgan fingerprint density at radius 2 is 1.86 bits per heavy atom. The summed E-state index contributed by atoms with van der Waals surface area (Å²) in [6.45, 7) is 0.554. The van der Waals surface area contributed by atoms with E-state index in [1.165, 1.54) is 5.01 Å². The van der Waals surface area contributed by atoms with Crippen LogP contribution >= 0.6 is 0 Å². The second-order valence-corrected chi connectivity index (χ2v) is 8.68. The summed E-state index contributed by atoms with van der Waals surface area (Å²) in [6, 6.07) is 22.6. The van der Waals surface area contributed by atoms with Gasteiger partial charge >= 0.3 is 12.1 Å². The lowest BCUT2D eigenvalue weighted by atomic mass is 10.0. The molecule has 9 nitrogen and oxygen atoms in total. The average Bonchev–Trinajstić information content (AvgIpc) is 3.29. The molecule has 1 fully saturated rings. The number of rotatable bonds is 10. The van der Waals surface area contributed by atoms with E-state index in [1.807, 2.05) is 72.8 Å². The molecule has 1 amide bonds. The molecular weight excluding hydrogens is 460 g/mol. The van der Waals surface area contributed by atoms with Gasteiger partial charge in [0.15, 0.2) is 0 Å². The highest BCUT2D eigenvalue weighted by molar-refractivity contribution is 5.80. The molecule has 1 aliphatic heterocycles. The fourth-order valence-corrected chi connectivity index (χ4v) is 3.94. The summed E-state index contributed by atoms with van der Waals surface area (Å²) in [6.07, 6.45) is -0.142. The summed E-state index contributed by atoms with van der Waals surface area (Å²) in [4.78, 5) is 28.6. The number of carbonyl (C=O) groups excluding carboxylic acids is 2. The molecule has 0 bridgehead atoms. The fourth-order valence-electron chi connectivity index (χ4n) is 3.94. The Hall–Kier alpha value is -3.79. The number of cyclic esters (lactones) is 1. The molecule has 3 aromatic rings. The number of aliphatic hydroxyl groups is 1. The first-order valence-corrected chi connectivity index (χ1v) is 11.8. The third-order valence-electron chi connectivity index (χ3n) is 5.89. The van der Waals surface area contributed by atoms with Crippen molar-refractivity contribution in [3.8, 4) is 11.3 Å². The van der Waals surface area contributed by atoms with E-state index in [1.54, 1.807) is 6.20 Å². The molecule has 0 radical (unpaired) electrons. The first-order chi connectivity index (χ1) is 17.5. The van der Waals surface area contributed by atoms with Crippen LogP contribution in [-0.2, 0) is 27.2 Å². The van der Waals surface area contributed by atoms with Crippen molar-refractivity contribution in [3.63, 3.8) is 0 Å². The van der Waals surface area contributed by atoms with Gasteiger partial charge in [-0.05, 0) is 29.7 Å². The predicted octanol–water partition coefficient (Wildman–Crippen LogP) is 2.44. The number of nitrogens with zero attached hydrogens (tertiary/aromatic N) is 2. The minimum Gasteiger partial charge on any atom is -0.463 e. The lowest BCUT2D eigenvalue weighted by Crippen LogP contribution is -2.51. The summed E-state index contributed by atoms with van der Waals surface area (Å²) < 4.78 is 10.1. The number of esters is 1. The zero-order valence-electron chi connectivity index (χ0n) is 19.8. The van der Waals surface area contributed by atoms with Gasteiger partial charge in [-0.1, -0.05) is 60.7 Å². The second kappa shape index (κ2) is 12.3. The Morgan fingerprint density at radius 1 is 1.11 bits per heavy atom. The number of hydrogen-bond acceptors (Lipinski definition) is 8. The molecule has 4 rings (SSSR count). The first kappa shape index (κ1) is 25.3. The highest BCUT2D eigenvalue weighted by atomic mass is 16.6. The van der Waals surface area contributed by atoms with Crippen LogP contribution in [0.3, 0.4) is 0 Å². The summed E-state index contributed by atoms with van der Waals surface area (Å²) in [5.41, 5.74) is 12.6. The zero-order valence-corrected chi connectivity index (χ0v) is 19.8. The van der Waals surface area contributed by atoms with E-state index in [0.717, 1.165) is 22.4 Å². The van der Waals surface area contributed by atoms with Gasteiger partial charge in [0.25, 0.3) is 0 Å². The molecule has 36 heavy (non-hydrogen) atoms. The van der Waals surface area contributed by atoms with Crippen LogP contribution in [0.2, 0.25) is 0 Å². The van der Waals surface area contributed by atoms with E-state index in [2.05, 4.69) is 10.4 Å². The molecular formula is C27H30N4O5. The van der Waals surface area contributed by atoms with Gasteiger partial charge in [0, 0.05) is 37.3 Å². The van der Waals surface area contributed by atoms with Gasteiger partial charge in [-0.25, -0.2) is 14.6 Å². The molecule has 1 aromatic heterocycles. The highest BCUT2D eigenvalue weighted by Crippen LogP contribution is 2.18. The Bertz CT molecular complexity index is 1130. The first-order valence-electron chi connectivity index (χ1n) is 11.8. The van der Waals surface area contributed by atoms with Gasteiger partial charge in [0.05, 0.1) is 18.4 Å². The van der Waals surface area contributed by atoms with Crippen LogP contribution in [-0.4, -0.2) is 58.6 Å². The van der Waals surface area contributed by atoms with Crippen LogP contribution < -0.4 is 11.2 Å². The molecule has 2 heterocycles. The van der Waals surface area contributed by atoms with E-state index in [4.69, 9.17) is 15.2 Å². The second-order valence-electron chi connectivity index (χ2n) is 8.68. The number of nitrogens with two attached hydrogens (primary N) is 1. The minimum absolute atomic E-state index is 0.0558. The maximum Gasteiger partial charge on any atom is 0.422 e. The van der Waals surface area contributed by atoms with Crippen LogP contribution in [0, 0.1) is 0 Å². The molecule has 188 valence electrons. The van der Waals surface area contributed by atoms with Crippen LogP contribution in [0.4, 0.5) is 4.79 Å². The number of hydrogen-bond donors (Lipinski definition) is 3. The normalized spacial score (nSPS) is 16.9. The molecule has 2 aromatic carbocycles. The van der Waals surface area contributed by atoms with E-state index in [0.29, 0.717) is 12.8 Å². The van der Waals surface area contributed by atoms with Gasteiger partial charge in [-0.15, -0.1) is 0 Å². The van der Waals surface area contributed by atoms with Crippen molar-refractivity contribution in [2.24, 2.45) is 5.73 Å². The number of aromatic nitrogens is 1. The molecule has 1 saturated heterocycles. The number of ether oxygens (including phenoxy) is 2. The van der Waals surface area contributed by atoms with Crippen LogP contribution in [0.15, 0.2) is 79.0 Å². The van der Waals surface area contributed by atoms with E-state index >= 15 is 0 Å². The summed E-state index contributed by atoms with van der Waals surface area (Å²) in [5, 5.41) is 12.4. The number of benzene rings is 2. The Balaban J connectivity index is 1.42. The Labute approximate surface area is 209 Å². The number of carbonyl (C=O) groups is 2. The molecule has 3 atom stereocenters. The Morgan fingerprint density at radius 3 is 2.53 bits per heavy atom. The lowest BCUT2D eigenvalue weighted by Gasteiger charge is -2.28. The van der Waals surface area contributed by atoms with Gasteiger partial charge in [0.2, 0.25) is 6.10 Å². The van der Waals surface area contributed by atoms with Crippen LogP contribution in [0.1, 0.15) is 17.5 Å². The smallest absolute Gasteiger partial charge is 0.422 e. The number of pyridine rings is 1. The molecule has 4 N–H and O–H groups in total. The largest absolute Gasteiger partial charge is 0.463 e. The van der Waals surface area contributed by atoms with Crippen molar-refractivity contribution in [3.05, 3.63) is 90.1 Å². The summed E-state index contributed by atoms with van der Waals surface area (Å²) >= 11 is 0. The SMILES string of the molecule is N[C@H](Cc1ccccc1)[C@@H](O)CN(Cc1ccc(-c2ccccn2)cc1)NC(=O)OC1CCOC1=O. The lowest BCUT2D eigenvalue weighted by molar-refractivity contribution is -0.144. The molecule has 0 saturated carbocycles. The molecule has 0 spiro atoms. The van der Waals surface area contributed by atoms with Gasteiger partial charge in [-0.3, -0.25) is 10.4 Å². The van der Waals surface area contributed by atoms with E-state index in [-0.39, 0.29) is 19.7 Å². The standard InChI is InChI=1S/C27H30N4O5/c28-22(16-19-6-2-1-3-7-19)24(32)18-31(30-27(34)36-25-13-15-35-26(25)33)17-20-9-11-21(12-10-20)23-8-4-5-14-29-23/h1-12,14,22,24-25,32H,13,15-18,28H2,(H,30,34)/t22-,24+,25?/m1/s1. The molecule has 1 aliphatic rings. The van der Waals surface area contributed by atoms with Crippen molar-refractivity contribution >= 4 is 12.1 Å². The Kier molecular flexibility index (Phi) is 8.62. The van der Waals surface area contributed by atoms with Crippen LogP contribution in [0.25, 0.3) is 11.3 Å². The number of amides is 1. The topological polar surface area (TPSA) is 127 Å². The maximum absolute atomic E-state index is 12.5.